The summed E-state index contributed by atoms with van der Waals surface area (Å²) in [5, 5.41) is 1.76. The van der Waals surface area contributed by atoms with Gasteiger partial charge in [0.1, 0.15) is 0 Å². The Labute approximate surface area is 136 Å². The number of hydrogen-bond donors (Lipinski definition) is 0. The van der Waals surface area contributed by atoms with E-state index < -0.39 is 12.1 Å². The van der Waals surface area contributed by atoms with Crippen molar-refractivity contribution in [1.29, 1.82) is 0 Å². The Bertz CT molecular complexity index is 1010. The van der Waals surface area contributed by atoms with Crippen LogP contribution in [0.15, 0.2) is 33.5 Å². The summed E-state index contributed by atoms with van der Waals surface area (Å²) in [5.41, 5.74) is -0.201. The Morgan fingerprint density at radius 3 is 2.29 bits per heavy atom. The number of fused-ring (bicyclic) bond motifs is 5. The molecule has 3 aromatic rings. The first-order valence-electron chi connectivity index (χ1n) is 7.18. The average molecular weight is 330 g/mol. The van der Waals surface area contributed by atoms with Gasteiger partial charge in [0.2, 0.25) is 5.75 Å². The third-order valence-corrected chi connectivity index (χ3v) is 3.93. The average Bonchev–Trinajstić information content (AvgIpc) is 3.04. The van der Waals surface area contributed by atoms with E-state index in [1.807, 2.05) is 0 Å². The number of methoxy groups -OCH3 is 3. The molecule has 0 bridgehead atoms. The standard InChI is InChI=1S/C17H14O7/c1-19-12-6-9-8-4-5-11-15(24-17(21-3)22-11)14(8)23-16(18)10(9)7-13(12)20-2/h4-7,17H,1-3H3. The van der Waals surface area contributed by atoms with Crippen LogP contribution in [0.2, 0.25) is 0 Å². The second-order valence-corrected chi connectivity index (χ2v) is 5.17. The molecule has 0 saturated carbocycles. The molecule has 7 heteroatoms. The normalized spacial score (nSPS) is 15.9. The molecule has 0 fully saturated rings. The number of ether oxygens (including phenoxy) is 5. The predicted molar refractivity (Wildman–Crippen MR) is 85.1 cm³/mol. The van der Waals surface area contributed by atoms with Gasteiger partial charge in [0.15, 0.2) is 22.8 Å². The molecule has 0 N–H and O–H groups in total. The van der Waals surface area contributed by atoms with E-state index in [1.54, 1.807) is 24.3 Å². The Hall–Kier alpha value is -2.93. The van der Waals surface area contributed by atoms with Crippen LogP contribution in [0.4, 0.5) is 0 Å². The van der Waals surface area contributed by atoms with Gasteiger partial charge in [0, 0.05) is 17.9 Å². The molecule has 2 heterocycles. The molecular weight excluding hydrogens is 316 g/mol. The maximum absolute atomic E-state index is 12.4. The number of rotatable bonds is 3. The molecule has 24 heavy (non-hydrogen) atoms. The van der Waals surface area contributed by atoms with Crippen LogP contribution in [0.5, 0.6) is 23.0 Å². The van der Waals surface area contributed by atoms with E-state index in [0.717, 1.165) is 0 Å². The largest absolute Gasteiger partial charge is 0.493 e. The lowest BCUT2D eigenvalue weighted by Crippen LogP contribution is -2.19. The molecule has 0 saturated heterocycles. The van der Waals surface area contributed by atoms with Crippen molar-refractivity contribution in [2.24, 2.45) is 0 Å². The minimum Gasteiger partial charge on any atom is -0.493 e. The van der Waals surface area contributed by atoms with Crippen molar-refractivity contribution in [2.45, 2.75) is 6.48 Å². The molecule has 1 aromatic heterocycles. The second kappa shape index (κ2) is 5.31. The van der Waals surface area contributed by atoms with Crippen LogP contribution in [0.1, 0.15) is 0 Å². The van der Waals surface area contributed by atoms with Crippen LogP contribution in [0.3, 0.4) is 0 Å². The molecule has 124 valence electrons. The van der Waals surface area contributed by atoms with Gasteiger partial charge in [-0.2, -0.15) is 0 Å². The van der Waals surface area contributed by atoms with Crippen LogP contribution < -0.4 is 24.6 Å². The molecule has 1 unspecified atom stereocenters. The molecule has 1 aliphatic rings. The molecular formula is C17H14O7. The fourth-order valence-corrected chi connectivity index (χ4v) is 2.80. The zero-order valence-electron chi connectivity index (χ0n) is 13.2. The summed E-state index contributed by atoms with van der Waals surface area (Å²) in [7, 11) is 4.51. The van der Waals surface area contributed by atoms with Gasteiger partial charge in [-0.15, -0.1) is 0 Å². The first-order valence-corrected chi connectivity index (χ1v) is 7.18. The van der Waals surface area contributed by atoms with Crippen LogP contribution in [-0.4, -0.2) is 27.8 Å². The highest BCUT2D eigenvalue weighted by atomic mass is 16.9. The van der Waals surface area contributed by atoms with E-state index in [1.165, 1.54) is 21.3 Å². The third kappa shape index (κ3) is 1.98. The maximum atomic E-state index is 12.4. The van der Waals surface area contributed by atoms with Gasteiger partial charge >= 0.3 is 12.1 Å². The minimum atomic E-state index is -0.864. The van der Waals surface area contributed by atoms with E-state index in [9.17, 15) is 4.79 Å². The highest BCUT2D eigenvalue weighted by Gasteiger charge is 2.28. The van der Waals surface area contributed by atoms with Crippen LogP contribution >= 0.6 is 0 Å². The van der Waals surface area contributed by atoms with Gasteiger partial charge in [-0.25, -0.2) is 4.79 Å². The van der Waals surface area contributed by atoms with Gasteiger partial charge in [0.05, 0.1) is 19.6 Å². The topological polar surface area (TPSA) is 76.4 Å². The zero-order valence-corrected chi connectivity index (χ0v) is 13.2. The van der Waals surface area contributed by atoms with E-state index in [4.69, 9.17) is 28.1 Å². The lowest BCUT2D eigenvalue weighted by atomic mass is 10.1. The molecule has 7 nitrogen and oxygen atoms in total. The van der Waals surface area contributed by atoms with E-state index >= 15 is 0 Å². The predicted octanol–water partition coefficient (Wildman–Crippen LogP) is 2.66. The Morgan fingerprint density at radius 1 is 0.917 bits per heavy atom. The van der Waals surface area contributed by atoms with Crippen molar-refractivity contribution < 1.29 is 28.1 Å². The Morgan fingerprint density at radius 2 is 1.62 bits per heavy atom. The first-order chi connectivity index (χ1) is 11.7. The number of hydrogen-bond acceptors (Lipinski definition) is 7. The minimum absolute atomic E-state index is 0.303. The highest BCUT2D eigenvalue weighted by Crippen LogP contribution is 2.43. The summed E-state index contributed by atoms with van der Waals surface area (Å²) in [4.78, 5) is 12.4. The summed E-state index contributed by atoms with van der Waals surface area (Å²) in [5.74, 6) is 1.77. The third-order valence-electron chi connectivity index (χ3n) is 3.93. The van der Waals surface area contributed by atoms with Gasteiger partial charge in [-0.05, 0) is 24.3 Å². The van der Waals surface area contributed by atoms with Crippen LogP contribution in [0.25, 0.3) is 21.7 Å². The monoisotopic (exact) mass is 330 g/mol. The molecule has 1 atom stereocenters. The smallest absolute Gasteiger partial charge is 0.361 e. The summed E-state index contributed by atoms with van der Waals surface area (Å²) in [6.45, 7) is -0.864. The second-order valence-electron chi connectivity index (χ2n) is 5.17. The summed E-state index contributed by atoms with van der Waals surface area (Å²) < 4.78 is 32.1. The SMILES string of the molecule is COc1cc2c(=O)oc3c4c(ccc3c2cc1OC)OC(OC)O4. The quantitative estimate of drug-likeness (QED) is 0.540. The Balaban J connectivity index is 2.07. The van der Waals surface area contributed by atoms with Crippen molar-refractivity contribution in [3.8, 4) is 23.0 Å². The summed E-state index contributed by atoms with van der Waals surface area (Å²) in [6.07, 6.45) is 0. The van der Waals surface area contributed by atoms with Gasteiger partial charge in [-0.3, -0.25) is 0 Å². The first kappa shape index (κ1) is 14.6. The number of benzene rings is 2. The lowest BCUT2D eigenvalue weighted by molar-refractivity contribution is -0.157. The van der Waals surface area contributed by atoms with Crippen molar-refractivity contribution >= 4 is 21.7 Å². The van der Waals surface area contributed by atoms with Gasteiger partial charge < -0.3 is 28.1 Å². The fraction of sp³-hybridized carbons (Fsp3) is 0.235. The van der Waals surface area contributed by atoms with Gasteiger partial charge in [0.25, 0.3) is 0 Å². The molecule has 4 rings (SSSR count). The van der Waals surface area contributed by atoms with Crippen molar-refractivity contribution in [1.82, 2.24) is 0 Å². The molecule has 0 radical (unpaired) electrons. The van der Waals surface area contributed by atoms with Crippen molar-refractivity contribution in [2.75, 3.05) is 21.3 Å². The lowest BCUT2D eigenvalue weighted by Gasteiger charge is -2.10. The Kier molecular flexibility index (Phi) is 3.24. The molecule has 2 aromatic carbocycles. The molecule has 1 aliphatic heterocycles. The maximum Gasteiger partial charge on any atom is 0.361 e. The van der Waals surface area contributed by atoms with Gasteiger partial charge in [-0.1, -0.05) is 0 Å². The van der Waals surface area contributed by atoms with Crippen molar-refractivity contribution in [3.63, 3.8) is 0 Å². The van der Waals surface area contributed by atoms with E-state index in [0.29, 0.717) is 44.7 Å². The molecule has 0 spiro atoms. The van der Waals surface area contributed by atoms with Crippen LogP contribution in [-0.2, 0) is 4.74 Å². The zero-order chi connectivity index (χ0) is 16.8. The van der Waals surface area contributed by atoms with Crippen LogP contribution in [0, 0.1) is 0 Å². The summed E-state index contributed by atoms with van der Waals surface area (Å²) >= 11 is 0. The van der Waals surface area contributed by atoms with E-state index in [2.05, 4.69) is 0 Å². The molecule has 0 aliphatic carbocycles. The van der Waals surface area contributed by atoms with Crippen molar-refractivity contribution in [3.05, 3.63) is 34.7 Å². The summed E-state index contributed by atoms with van der Waals surface area (Å²) in [6, 6.07) is 6.88. The van der Waals surface area contributed by atoms with E-state index in [-0.39, 0.29) is 0 Å². The molecule has 0 amide bonds. The fourth-order valence-electron chi connectivity index (χ4n) is 2.80. The highest BCUT2D eigenvalue weighted by molar-refractivity contribution is 6.07.